The quantitative estimate of drug-likeness (QED) is 0.746. The van der Waals surface area contributed by atoms with Crippen molar-refractivity contribution in [1.29, 1.82) is 0 Å². The highest BCUT2D eigenvalue weighted by Gasteiger charge is 2.31. The molecule has 0 spiro atoms. The van der Waals surface area contributed by atoms with Crippen LogP contribution in [0, 0.1) is 0 Å². The number of amides is 1. The minimum atomic E-state index is -4.57. The van der Waals surface area contributed by atoms with Gasteiger partial charge < -0.3 is 4.90 Å². The summed E-state index contributed by atoms with van der Waals surface area (Å²) in [7, 11) is -3.82. The van der Waals surface area contributed by atoms with E-state index in [1.165, 1.54) is 11.0 Å². The molecule has 1 aromatic rings. The Bertz CT molecular complexity index is 671. The molecule has 0 radical (unpaired) electrons. The number of hydrogen-bond donors (Lipinski definition) is 0. The number of rotatable bonds is 7. The van der Waals surface area contributed by atoms with Gasteiger partial charge in [-0.15, -0.1) is 0 Å². The molecular formula is C15H21F3N2O3S. The summed E-state index contributed by atoms with van der Waals surface area (Å²) >= 11 is 0. The minimum absolute atomic E-state index is 0.106. The average Bonchev–Trinajstić information content (AvgIpc) is 2.46. The van der Waals surface area contributed by atoms with Crippen molar-refractivity contribution in [2.24, 2.45) is 0 Å². The van der Waals surface area contributed by atoms with Gasteiger partial charge in [0, 0.05) is 26.1 Å². The molecule has 0 unspecified atom stereocenters. The van der Waals surface area contributed by atoms with E-state index in [1.807, 2.05) is 0 Å². The molecule has 0 heterocycles. The van der Waals surface area contributed by atoms with Gasteiger partial charge >= 0.3 is 6.18 Å². The Morgan fingerprint density at radius 2 is 1.75 bits per heavy atom. The van der Waals surface area contributed by atoms with Gasteiger partial charge in [0.05, 0.1) is 17.5 Å². The normalized spacial score (nSPS) is 12.1. The van der Waals surface area contributed by atoms with E-state index in [2.05, 4.69) is 0 Å². The van der Waals surface area contributed by atoms with Crippen molar-refractivity contribution in [2.75, 3.05) is 30.2 Å². The second-order valence-corrected chi connectivity index (χ2v) is 7.11. The lowest BCUT2D eigenvalue weighted by atomic mass is 10.2. The zero-order valence-corrected chi connectivity index (χ0v) is 14.6. The zero-order chi connectivity index (χ0) is 18.5. The Morgan fingerprint density at radius 1 is 1.17 bits per heavy atom. The van der Waals surface area contributed by atoms with E-state index in [9.17, 15) is 26.4 Å². The predicted molar refractivity (Wildman–Crippen MR) is 86.2 cm³/mol. The molecule has 0 aliphatic rings. The van der Waals surface area contributed by atoms with Crippen LogP contribution in [0.1, 0.15) is 25.8 Å². The number of anilines is 1. The van der Waals surface area contributed by atoms with Crippen LogP contribution in [0.3, 0.4) is 0 Å². The van der Waals surface area contributed by atoms with Crippen molar-refractivity contribution in [1.82, 2.24) is 4.90 Å². The number of hydrogen-bond acceptors (Lipinski definition) is 3. The van der Waals surface area contributed by atoms with Crippen LogP contribution >= 0.6 is 0 Å². The fourth-order valence-electron chi connectivity index (χ4n) is 2.26. The van der Waals surface area contributed by atoms with Crippen molar-refractivity contribution < 1.29 is 26.4 Å². The van der Waals surface area contributed by atoms with Crippen LogP contribution < -0.4 is 4.31 Å². The number of alkyl halides is 3. The third-order valence-corrected chi connectivity index (χ3v) is 4.70. The Labute approximate surface area is 140 Å². The third kappa shape index (κ3) is 5.40. The van der Waals surface area contributed by atoms with Gasteiger partial charge in [-0.3, -0.25) is 9.10 Å². The minimum Gasteiger partial charge on any atom is -0.343 e. The lowest BCUT2D eigenvalue weighted by Crippen LogP contribution is -2.36. The maximum Gasteiger partial charge on any atom is 0.416 e. The number of benzene rings is 1. The SMILES string of the molecule is CCN(CC)C(=O)CCN(c1cccc(C(F)(F)F)c1)S(C)(=O)=O. The zero-order valence-electron chi connectivity index (χ0n) is 13.8. The average molecular weight is 366 g/mol. The van der Waals surface area contributed by atoms with Crippen molar-refractivity contribution in [2.45, 2.75) is 26.4 Å². The molecule has 5 nitrogen and oxygen atoms in total. The summed E-state index contributed by atoms with van der Waals surface area (Å²) < 4.78 is 63.1. The fourth-order valence-corrected chi connectivity index (χ4v) is 3.17. The molecule has 0 aromatic heterocycles. The molecule has 136 valence electrons. The van der Waals surface area contributed by atoms with Crippen LogP contribution in [0.25, 0.3) is 0 Å². The van der Waals surface area contributed by atoms with Gasteiger partial charge in [-0.05, 0) is 32.0 Å². The summed E-state index contributed by atoms with van der Waals surface area (Å²) in [6.45, 7) is 4.34. The molecule has 9 heteroatoms. The van der Waals surface area contributed by atoms with Crippen molar-refractivity contribution >= 4 is 21.6 Å². The van der Waals surface area contributed by atoms with Crippen LogP contribution in [0.4, 0.5) is 18.9 Å². The highest BCUT2D eigenvalue weighted by atomic mass is 32.2. The molecule has 24 heavy (non-hydrogen) atoms. The van der Waals surface area contributed by atoms with Gasteiger partial charge in [-0.25, -0.2) is 8.42 Å². The van der Waals surface area contributed by atoms with E-state index in [4.69, 9.17) is 0 Å². The Hall–Kier alpha value is -1.77. The Kier molecular flexibility index (Phi) is 6.65. The maximum atomic E-state index is 12.8. The molecular weight excluding hydrogens is 345 g/mol. The molecule has 1 amide bonds. The van der Waals surface area contributed by atoms with Gasteiger partial charge in [0.1, 0.15) is 0 Å². The van der Waals surface area contributed by atoms with E-state index in [0.29, 0.717) is 13.1 Å². The lowest BCUT2D eigenvalue weighted by molar-refractivity contribution is -0.137. The van der Waals surface area contributed by atoms with E-state index >= 15 is 0 Å². The second-order valence-electron chi connectivity index (χ2n) is 5.20. The van der Waals surface area contributed by atoms with Gasteiger partial charge in [0.25, 0.3) is 0 Å². The second kappa shape index (κ2) is 7.87. The predicted octanol–water partition coefficient (Wildman–Crippen LogP) is 2.73. The largest absolute Gasteiger partial charge is 0.416 e. The molecule has 0 saturated carbocycles. The monoisotopic (exact) mass is 366 g/mol. The number of halogens is 3. The standard InChI is InChI=1S/C15H21F3N2O3S/c1-4-19(5-2)14(21)9-10-20(24(3,22)23)13-8-6-7-12(11-13)15(16,17)18/h6-8,11H,4-5,9-10H2,1-3H3. The molecule has 0 saturated heterocycles. The number of nitrogens with zero attached hydrogens (tertiary/aromatic N) is 2. The van der Waals surface area contributed by atoms with E-state index in [1.54, 1.807) is 13.8 Å². The molecule has 0 N–H and O–H groups in total. The topological polar surface area (TPSA) is 57.7 Å². The van der Waals surface area contributed by atoms with Gasteiger partial charge in [0.2, 0.25) is 15.9 Å². The summed E-state index contributed by atoms with van der Waals surface area (Å²) in [4.78, 5) is 13.6. The molecule has 1 rings (SSSR count). The lowest BCUT2D eigenvalue weighted by Gasteiger charge is -2.25. The van der Waals surface area contributed by atoms with Gasteiger partial charge in [0.15, 0.2) is 0 Å². The molecule has 0 bridgehead atoms. The number of carbonyl (C=O) groups is 1. The highest BCUT2D eigenvalue weighted by molar-refractivity contribution is 7.92. The number of carbonyl (C=O) groups excluding carboxylic acids is 1. The van der Waals surface area contributed by atoms with E-state index < -0.39 is 21.8 Å². The van der Waals surface area contributed by atoms with E-state index in [-0.39, 0.29) is 24.6 Å². The Balaban J connectivity index is 3.06. The first kappa shape index (κ1) is 20.3. The van der Waals surface area contributed by atoms with Crippen LogP contribution in [-0.2, 0) is 21.0 Å². The fraction of sp³-hybridized carbons (Fsp3) is 0.533. The third-order valence-electron chi connectivity index (χ3n) is 3.51. The summed E-state index contributed by atoms with van der Waals surface area (Å²) in [5.74, 6) is -0.249. The summed E-state index contributed by atoms with van der Waals surface area (Å²) in [6.07, 6.45) is -3.78. The first-order chi connectivity index (χ1) is 11.0. The first-order valence-corrected chi connectivity index (χ1v) is 9.28. The van der Waals surface area contributed by atoms with Gasteiger partial charge in [-0.2, -0.15) is 13.2 Å². The van der Waals surface area contributed by atoms with Crippen LogP contribution in [0.2, 0.25) is 0 Å². The molecule has 0 atom stereocenters. The van der Waals surface area contributed by atoms with Crippen LogP contribution in [0.5, 0.6) is 0 Å². The summed E-state index contributed by atoms with van der Waals surface area (Å²) in [5.41, 5.74) is -1.05. The smallest absolute Gasteiger partial charge is 0.343 e. The van der Waals surface area contributed by atoms with Gasteiger partial charge in [-0.1, -0.05) is 6.07 Å². The highest BCUT2D eigenvalue weighted by Crippen LogP contribution is 2.32. The summed E-state index contributed by atoms with van der Waals surface area (Å²) in [6, 6.07) is 4.05. The summed E-state index contributed by atoms with van der Waals surface area (Å²) in [5, 5.41) is 0. The molecule has 0 aliphatic carbocycles. The van der Waals surface area contributed by atoms with Crippen molar-refractivity contribution in [3.63, 3.8) is 0 Å². The Morgan fingerprint density at radius 3 is 2.21 bits per heavy atom. The van der Waals surface area contributed by atoms with E-state index in [0.717, 1.165) is 28.8 Å². The molecule has 0 fully saturated rings. The molecule has 1 aromatic carbocycles. The van der Waals surface area contributed by atoms with Crippen molar-refractivity contribution in [3.05, 3.63) is 29.8 Å². The van der Waals surface area contributed by atoms with Crippen LogP contribution in [-0.4, -0.2) is 45.1 Å². The maximum absolute atomic E-state index is 12.8. The van der Waals surface area contributed by atoms with Crippen LogP contribution in [0.15, 0.2) is 24.3 Å². The number of sulfonamides is 1. The van der Waals surface area contributed by atoms with Crippen molar-refractivity contribution in [3.8, 4) is 0 Å². The molecule has 0 aliphatic heterocycles. The first-order valence-electron chi connectivity index (χ1n) is 7.43.